The van der Waals surface area contributed by atoms with Crippen molar-refractivity contribution in [3.63, 3.8) is 0 Å². The summed E-state index contributed by atoms with van der Waals surface area (Å²) in [6.45, 7) is 2.76. The smallest absolute Gasteiger partial charge is 0.123 e. The minimum atomic E-state index is -0.517. The SMILES string of the molecule is CC(N)(CC1CCCO1)c1cccc(F)c1. The predicted octanol–water partition coefficient (Wildman–Crippen LogP) is 2.57. The van der Waals surface area contributed by atoms with Crippen molar-refractivity contribution >= 4 is 0 Å². The Morgan fingerprint density at radius 3 is 3.00 bits per heavy atom. The Hall–Kier alpha value is -0.930. The Bertz CT molecular complexity index is 359. The highest BCUT2D eigenvalue weighted by molar-refractivity contribution is 5.24. The molecule has 0 spiro atoms. The fourth-order valence-corrected chi connectivity index (χ4v) is 2.24. The van der Waals surface area contributed by atoms with Gasteiger partial charge in [-0.3, -0.25) is 0 Å². The molecular weight excluding hydrogens is 205 g/mol. The normalized spacial score (nSPS) is 24.3. The first-order chi connectivity index (χ1) is 7.58. The molecule has 3 heteroatoms. The molecule has 2 atom stereocenters. The van der Waals surface area contributed by atoms with Crippen molar-refractivity contribution in [3.8, 4) is 0 Å². The standard InChI is InChI=1S/C13H18FNO/c1-13(15,9-12-6-3-7-16-12)10-4-2-5-11(14)8-10/h2,4-5,8,12H,3,6-7,9,15H2,1H3. The Labute approximate surface area is 95.6 Å². The fourth-order valence-electron chi connectivity index (χ4n) is 2.24. The number of hydrogen-bond donors (Lipinski definition) is 1. The first-order valence-electron chi connectivity index (χ1n) is 5.74. The Morgan fingerprint density at radius 1 is 1.56 bits per heavy atom. The predicted molar refractivity (Wildman–Crippen MR) is 61.5 cm³/mol. The minimum absolute atomic E-state index is 0.221. The third kappa shape index (κ3) is 2.60. The van der Waals surface area contributed by atoms with Gasteiger partial charge in [0.25, 0.3) is 0 Å². The molecule has 0 saturated carbocycles. The zero-order chi connectivity index (χ0) is 11.6. The number of nitrogens with two attached hydrogens (primary N) is 1. The van der Waals surface area contributed by atoms with E-state index in [1.807, 2.05) is 13.0 Å². The van der Waals surface area contributed by atoms with Crippen molar-refractivity contribution in [3.05, 3.63) is 35.6 Å². The van der Waals surface area contributed by atoms with Crippen molar-refractivity contribution in [2.24, 2.45) is 5.73 Å². The summed E-state index contributed by atoms with van der Waals surface area (Å²) in [5.41, 5.74) is 6.56. The summed E-state index contributed by atoms with van der Waals surface area (Å²) in [4.78, 5) is 0. The molecule has 2 unspecified atom stereocenters. The molecule has 1 saturated heterocycles. The summed E-state index contributed by atoms with van der Waals surface area (Å²) in [6.07, 6.45) is 3.13. The zero-order valence-corrected chi connectivity index (χ0v) is 9.58. The van der Waals surface area contributed by atoms with Crippen LogP contribution in [0.1, 0.15) is 31.7 Å². The summed E-state index contributed by atoms with van der Waals surface area (Å²) >= 11 is 0. The molecular formula is C13H18FNO. The number of hydrogen-bond acceptors (Lipinski definition) is 2. The molecule has 2 N–H and O–H groups in total. The molecule has 1 fully saturated rings. The van der Waals surface area contributed by atoms with E-state index in [-0.39, 0.29) is 11.9 Å². The van der Waals surface area contributed by atoms with E-state index in [1.165, 1.54) is 12.1 Å². The molecule has 1 aliphatic rings. The third-order valence-corrected chi connectivity index (χ3v) is 3.16. The monoisotopic (exact) mass is 223 g/mol. The zero-order valence-electron chi connectivity index (χ0n) is 9.58. The van der Waals surface area contributed by atoms with E-state index in [0.29, 0.717) is 0 Å². The van der Waals surface area contributed by atoms with Gasteiger partial charge in [0, 0.05) is 12.1 Å². The Kier molecular flexibility index (Phi) is 3.26. The average Bonchev–Trinajstić information content (AvgIpc) is 2.70. The van der Waals surface area contributed by atoms with Crippen molar-refractivity contribution in [2.75, 3.05) is 6.61 Å². The van der Waals surface area contributed by atoms with Gasteiger partial charge in [0.1, 0.15) is 5.82 Å². The molecule has 0 amide bonds. The van der Waals surface area contributed by atoms with E-state index in [9.17, 15) is 4.39 Å². The summed E-state index contributed by atoms with van der Waals surface area (Å²) in [5, 5.41) is 0. The topological polar surface area (TPSA) is 35.2 Å². The molecule has 16 heavy (non-hydrogen) atoms. The lowest BCUT2D eigenvalue weighted by Gasteiger charge is -2.28. The van der Waals surface area contributed by atoms with Crippen LogP contribution >= 0.6 is 0 Å². The van der Waals surface area contributed by atoms with Crippen LogP contribution in [0.25, 0.3) is 0 Å². The summed E-state index contributed by atoms with van der Waals surface area (Å²) in [7, 11) is 0. The molecule has 1 aliphatic heterocycles. The summed E-state index contributed by atoms with van der Waals surface area (Å²) in [5.74, 6) is -0.235. The van der Waals surface area contributed by atoms with Crippen LogP contribution in [0.3, 0.4) is 0 Å². The van der Waals surface area contributed by atoms with Gasteiger partial charge in [0.05, 0.1) is 6.10 Å². The lowest BCUT2D eigenvalue weighted by atomic mass is 9.87. The lowest BCUT2D eigenvalue weighted by molar-refractivity contribution is 0.0855. The molecule has 0 bridgehead atoms. The van der Waals surface area contributed by atoms with Gasteiger partial charge in [0.15, 0.2) is 0 Å². The van der Waals surface area contributed by atoms with Crippen LogP contribution in [-0.4, -0.2) is 12.7 Å². The van der Waals surface area contributed by atoms with Gasteiger partial charge < -0.3 is 10.5 Å². The number of ether oxygens (including phenoxy) is 1. The van der Waals surface area contributed by atoms with Crippen LogP contribution in [0, 0.1) is 5.82 Å². The molecule has 0 aromatic heterocycles. The second-order valence-corrected chi connectivity index (χ2v) is 4.77. The van der Waals surface area contributed by atoms with Crippen LogP contribution in [0.4, 0.5) is 4.39 Å². The van der Waals surface area contributed by atoms with E-state index >= 15 is 0 Å². The van der Waals surface area contributed by atoms with Crippen LogP contribution < -0.4 is 5.73 Å². The fraction of sp³-hybridized carbons (Fsp3) is 0.538. The van der Waals surface area contributed by atoms with Crippen molar-refractivity contribution in [1.29, 1.82) is 0 Å². The largest absolute Gasteiger partial charge is 0.378 e. The van der Waals surface area contributed by atoms with Crippen LogP contribution in [0.5, 0.6) is 0 Å². The second kappa shape index (κ2) is 4.52. The van der Waals surface area contributed by atoms with Gasteiger partial charge in [-0.2, -0.15) is 0 Å². The van der Waals surface area contributed by atoms with E-state index in [1.54, 1.807) is 6.07 Å². The van der Waals surface area contributed by atoms with Crippen molar-refractivity contribution < 1.29 is 9.13 Å². The highest BCUT2D eigenvalue weighted by Crippen LogP contribution is 2.28. The first kappa shape index (κ1) is 11.6. The van der Waals surface area contributed by atoms with E-state index in [2.05, 4.69) is 0 Å². The Morgan fingerprint density at radius 2 is 2.38 bits per heavy atom. The van der Waals surface area contributed by atoms with Gasteiger partial charge in [-0.1, -0.05) is 12.1 Å². The molecule has 1 heterocycles. The average molecular weight is 223 g/mol. The molecule has 0 aliphatic carbocycles. The summed E-state index contributed by atoms with van der Waals surface area (Å²) in [6, 6.07) is 6.52. The van der Waals surface area contributed by atoms with E-state index in [4.69, 9.17) is 10.5 Å². The second-order valence-electron chi connectivity index (χ2n) is 4.77. The van der Waals surface area contributed by atoms with Crippen LogP contribution in [0.15, 0.2) is 24.3 Å². The maximum Gasteiger partial charge on any atom is 0.123 e. The quantitative estimate of drug-likeness (QED) is 0.854. The molecule has 2 rings (SSSR count). The van der Waals surface area contributed by atoms with E-state index in [0.717, 1.165) is 31.4 Å². The van der Waals surface area contributed by atoms with Crippen LogP contribution in [0.2, 0.25) is 0 Å². The highest BCUT2D eigenvalue weighted by Gasteiger charge is 2.28. The number of halogens is 1. The molecule has 0 radical (unpaired) electrons. The molecule has 2 nitrogen and oxygen atoms in total. The van der Waals surface area contributed by atoms with Gasteiger partial charge >= 0.3 is 0 Å². The molecule has 1 aromatic carbocycles. The van der Waals surface area contributed by atoms with Gasteiger partial charge in [-0.05, 0) is 43.9 Å². The minimum Gasteiger partial charge on any atom is -0.378 e. The van der Waals surface area contributed by atoms with E-state index < -0.39 is 5.54 Å². The Balaban J connectivity index is 2.10. The maximum atomic E-state index is 13.1. The summed E-state index contributed by atoms with van der Waals surface area (Å²) < 4.78 is 18.7. The maximum absolute atomic E-state index is 13.1. The number of rotatable bonds is 3. The van der Waals surface area contributed by atoms with Gasteiger partial charge in [-0.25, -0.2) is 4.39 Å². The van der Waals surface area contributed by atoms with Crippen molar-refractivity contribution in [2.45, 2.75) is 37.8 Å². The highest BCUT2D eigenvalue weighted by atomic mass is 19.1. The van der Waals surface area contributed by atoms with Gasteiger partial charge in [-0.15, -0.1) is 0 Å². The van der Waals surface area contributed by atoms with Gasteiger partial charge in [0.2, 0.25) is 0 Å². The van der Waals surface area contributed by atoms with Crippen LogP contribution in [-0.2, 0) is 10.3 Å². The third-order valence-electron chi connectivity index (χ3n) is 3.16. The lowest BCUT2D eigenvalue weighted by Crippen LogP contribution is -2.36. The molecule has 88 valence electrons. The number of benzene rings is 1. The molecule has 1 aromatic rings. The van der Waals surface area contributed by atoms with Crippen molar-refractivity contribution in [1.82, 2.24) is 0 Å². The first-order valence-corrected chi connectivity index (χ1v) is 5.74.